The van der Waals surface area contributed by atoms with Crippen LogP contribution in [0.3, 0.4) is 0 Å². The van der Waals surface area contributed by atoms with E-state index < -0.39 is 12.5 Å². The van der Waals surface area contributed by atoms with Crippen molar-refractivity contribution in [1.29, 1.82) is 0 Å². The van der Waals surface area contributed by atoms with Crippen LogP contribution in [0.25, 0.3) is 0 Å². The Labute approximate surface area is 53.0 Å². The number of alkyl halides is 2. The van der Waals surface area contributed by atoms with Crippen molar-refractivity contribution in [2.24, 2.45) is 5.92 Å². The first kappa shape index (κ1) is 6.93. The van der Waals surface area contributed by atoms with Crippen molar-refractivity contribution in [3.05, 3.63) is 0 Å². The minimum Gasteiger partial charge on any atom is -0.375 e. The fourth-order valence-corrected chi connectivity index (χ4v) is 1.04. The largest absolute Gasteiger partial charge is 0.375 e. The lowest BCUT2D eigenvalue weighted by Gasteiger charge is -2.26. The minimum absolute atomic E-state index is 0.00810. The molecule has 1 aliphatic heterocycles. The van der Waals surface area contributed by atoms with E-state index in [1.165, 1.54) is 0 Å². The van der Waals surface area contributed by atoms with Crippen molar-refractivity contribution in [3.8, 4) is 0 Å². The van der Waals surface area contributed by atoms with E-state index in [-0.39, 0.29) is 12.3 Å². The zero-order chi connectivity index (χ0) is 6.91. The maximum atomic E-state index is 12.3. The Kier molecular flexibility index (Phi) is 1.70. The summed E-state index contributed by atoms with van der Waals surface area (Å²) in [7, 11) is 0. The fraction of sp³-hybridized carbons (Fsp3) is 1.00. The van der Waals surface area contributed by atoms with E-state index in [0.29, 0.717) is 6.61 Å². The average Bonchev–Trinajstić information content (AvgIpc) is 1.60. The highest BCUT2D eigenvalue weighted by Crippen LogP contribution is 2.27. The van der Waals surface area contributed by atoms with Gasteiger partial charge >= 0.3 is 0 Å². The molecule has 1 fully saturated rings. The molecule has 1 nitrogen and oxygen atoms in total. The van der Waals surface area contributed by atoms with Gasteiger partial charge in [0.2, 0.25) is 0 Å². The quantitative estimate of drug-likeness (QED) is 0.492. The van der Waals surface area contributed by atoms with Crippen molar-refractivity contribution in [2.75, 3.05) is 13.2 Å². The SMILES string of the molecule is C[C@@H]1COCC(F)(F)C1. The summed E-state index contributed by atoms with van der Waals surface area (Å²) < 4.78 is 29.3. The van der Waals surface area contributed by atoms with Gasteiger partial charge in [-0.05, 0) is 5.92 Å². The Morgan fingerprint density at radius 3 is 2.56 bits per heavy atom. The minimum atomic E-state index is -2.57. The third-order valence-electron chi connectivity index (χ3n) is 1.36. The number of halogens is 2. The monoisotopic (exact) mass is 136 g/mol. The van der Waals surface area contributed by atoms with Gasteiger partial charge < -0.3 is 4.74 Å². The Balaban J connectivity index is 2.41. The lowest BCUT2D eigenvalue weighted by atomic mass is 10.0. The van der Waals surface area contributed by atoms with Crippen LogP contribution in [0.5, 0.6) is 0 Å². The van der Waals surface area contributed by atoms with Gasteiger partial charge in [-0.3, -0.25) is 0 Å². The van der Waals surface area contributed by atoms with E-state index in [0.717, 1.165) is 0 Å². The van der Waals surface area contributed by atoms with Gasteiger partial charge in [0.25, 0.3) is 5.92 Å². The predicted octanol–water partition coefficient (Wildman–Crippen LogP) is 1.68. The Bertz CT molecular complexity index is 103. The van der Waals surface area contributed by atoms with Crippen molar-refractivity contribution in [2.45, 2.75) is 19.3 Å². The molecule has 0 aromatic carbocycles. The number of hydrogen-bond donors (Lipinski definition) is 0. The third kappa shape index (κ3) is 1.90. The van der Waals surface area contributed by atoms with E-state index in [1.54, 1.807) is 6.92 Å². The molecule has 9 heavy (non-hydrogen) atoms. The molecule has 1 heterocycles. The first-order valence-electron chi connectivity index (χ1n) is 3.06. The van der Waals surface area contributed by atoms with Gasteiger partial charge in [0, 0.05) is 13.0 Å². The third-order valence-corrected chi connectivity index (χ3v) is 1.36. The van der Waals surface area contributed by atoms with Crippen LogP contribution in [-0.2, 0) is 4.74 Å². The van der Waals surface area contributed by atoms with Gasteiger partial charge in [-0.2, -0.15) is 0 Å². The molecule has 0 aromatic heterocycles. The van der Waals surface area contributed by atoms with Crippen LogP contribution in [0.1, 0.15) is 13.3 Å². The molecule has 0 spiro atoms. The van der Waals surface area contributed by atoms with Gasteiger partial charge in [-0.15, -0.1) is 0 Å². The van der Waals surface area contributed by atoms with Crippen molar-refractivity contribution >= 4 is 0 Å². The second-order valence-electron chi connectivity index (χ2n) is 2.68. The standard InChI is InChI=1S/C6H10F2O/c1-5-2-6(7,8)4-9-3-5/h5H,2-4H2,1H3/t5-/m0/s1. The number of ether oxygens (including phenoxy) is 1. The van der Waals surface area contributed by atoms with Crippen LogP contribution in [-0.4, -0.2) is 19.1 Å². The van der Waals surface area contributed by atoms with Crippen LogP contribution < -0.4 is 0 Å². The molecular weight excluding hydrogens is 126 g/mol. The molecular formula is C6H10F2O. The summed E-state index contributed by atoms with van der Waals surface area (Å²) in [6.07, 6.45) is -0.0208. The van der Waals surface area contributed by atoms with Crippen molar-refractivity contribution < 1.29 is 13.5 Å². The van der Waals surface area contributed by atoms with Crippen LogP contribution >= 0.6 is 0 Å². The molecule has 0 amide bonds. The maximum Gasteiger partial charge on any atom is 0.271 e. The molecule has 0 bridgehead atoms. The van der Waals surface area contributed by atoms with Crippen LogP contribution in [0.15, 0.2) is 0 Å². The normalized spacial score (nSPS) is 34.3. The van der Waals surface area contributed by atoms with E-state index in [9.17, 15) is 8.78 Å². The Morgan fingerprint density at radius 1 is 1.56 bits per heavy atom. The zero-order valence-electron chi connectivity index (χ0n) is 5.36. The highest BCUT2D eigenvalue weighted by molar-refractivity contribution is 4.73. The zero-order valence-corrected chi connectivity index (χ0v) is 5.36. The molecule has 3 heteroatoms. The summed E-state index contributed by atoms with van der Waals surface area (Å²) in [4.78, 5) is 0. The summed E-state index contributed by atoms with van der Waals surface area (Å²) >= 11 is 0. The summed E-state index contributed by atoms with van der Waals surface area (Å²) in [6, 6.07) is 0. The molecule has 0 radical (unpaired) electrons. The molecule has 1 rings (SSSR count). The molecule has 0 aromatic rings. The van der Waals surface area contributed by atoms with Crippen LogP contribution in [0, 0.1) is 5.92 Å². The lowest BCUT2D eigenvalue weighted by Crippen LogP contribution is -2.33. The second kappa shape index (κ2) is 2.21. The Morgan fingerprint density at radius 2 is 2.22 bits per heavy atom. The molecule has 1 saturated heterocycles. The van der Waals surface area contributed by atoms with Crippen molar-refractivity contribution in [1.82, 2.24) is 0 Å². The number of hydrogen-bond acceptors (Lipinski definition) is 1. The van der Waals surface area contributed by atoms with E-state index in [1.807, 2.05) is 0 Å². The second-order valence-corrected chi connectivity index (χ2v) is 2.68. The van der Waals surface area contributed by atoms with Crippen LogP contribution in [0.4, 0.5) is 8.78 Å². The summed E-state index contributed by atoms with van der Waals surface area (Å²) in [6.45, 7) is 1.86. The fourth-order valence-electron chi connectivity index (χ4n) is 1.04. The van der Waals surface area contributed by atoms with Gasteiger partial charge in [0.15, 0.2) is 0 Å². The number of rotatable bonds is 0. The smallest absolute Gasteiger partial charge is 0.271 e. The van der Waals surface area contributed by atoms with Crippen LogP contribution in [0.2, 0.25) is 0 Å². The molecule has 0 aliphatic carbocycles. The maximum absolute atomic E-state index is 12.3. The van der Waals surface area contributed by atoms with Gasteiger partial charge in [-0.1, -0.05) is 6.92 Å². The summed E-state index contributed by atoms with van der Waals surface area (Å²) in [5.41, 5.74) is 0. The summed E-state index contributed by atoms with van der Waals surface area (Å²) in [5.74, 6) is -2.56. The van der Waals surface area contributed by atoms with E-state index in [4.69, 9.17) is 0 Å². The highest BCUT2D eigenvalue weighted by atomic mass is 19.3. The molecule has 1 aliphatic rings. The predicted molar refractivity (Wildman–Crippen MR) is 29.5 cm³/mol. The molecule has 0 unspecified atom stereocenters. The molecule has 0 N–H and O–H groups in total. The van der Waals surface area contributed by atoms with E-state index >= 15 is 0 Å². The van der Waals surface area contributed by atoms with E-state index in [2.05, 4.69) is 4.74 Å². The molecule has 1 atom stereocenters. The van der Waals surface area contributed by atoms with Gasteiger partial charge in [-0.25, -0.2) is 8.78 Å². The molecule has 0 saturated carbocycles. The first-order valence-corrected chi connectivity index (χ1v) is 3.06. The van der Waals surface area contributed by atoms with Gasteiger partial charge in [0.1, 0.15) is 6.61 Å². The lowest BCUT2D eigenvalue weighted by molar-refractivity contribution is -0.132. The molecule has 54 valence electrons. The Hall–Kier alpha value is -0.180. The highest BCUT2D eigenvalue weighted by Gasteiger charge is 2.35. The topological polar surface area (TPSA) is 9.23 Å². The van der Waals surface area contributed by atoms with Gasteiger partial charge in [0.05, 0.1) is 0 Å². The summed E-state index contributed by atoms with van der Waals surface area (Å²) in [5, 5.41) is 0. The first-order chi connectivity index (χ1) is 4.10. The van der Waals surface area contributed by atoms with Crippen molar-refractivity contribution in [3.63, 3.8) is 0 Å². The average molecular weight is 136 g/mol.